The molecule has 1 aromatic rings. The Morgan fingerprint density at radius 2 is 2.07 bits per heavy atom. The van der Waals surface area contributed by atoms with Gasteiger partial charge in [0.25, 0.3) is 0 Å². The average Bonchev–Trinajstić information content (AvgIpc) is 2.50. The molecule has 1 rings (SSSR count). The molecule has 0 radical (unpaired) electrons. The first kappa shape index (κ1) is 11.1. The number of hydrogen-bond acceptors (Lipinski definition) is 4. The normalized spacial score (nSPS) is 11.2. The summed E-state index contributed by atoms with van der Waals surface area (Å²) in [6.07, 6.45) is -4.12. The number of halogens is 3. The Balaban J connectivity index is 2.74. The lowest BCUT2D eigenvalue weighted by atomic mass is 10.6. The molecule has 0 saturated carbocycles. The Hall–Kier alpha value is -1.93. The van der Waals surface area contributed by atoms with Gasteiger partial charge in [0.1, 0.15) is 6.33 Å². The quantitative estimate of drug-likeness (QED) is 0.747. The summed E-state index contributed by atoms with van der Waals surface area (Å²) in [5.41, 5.74) is 0. The fourth-order valence-electron chi connectivity index (χ4n) is 0.644. The molecule has 0 fully saturated rings. The van der Waals surface area contributed by atoms with Gasteiger partial charge < -0.3 is 0 Å². The summed E-state index contributed by atoms with van der Waals surface area (Å²) in [6.45, 7) is 1.14. The Kier molecular flexibility index (Phi) is 2.73. The molecule has 1 amide bonds. The summed E-state index contributed by atoms with van der Waals surface area (Å²) in [6, 6.07) is 0. The van der Waals surface area contributed by atoms with Crippen LogP contribution in [0, 0.1) is 0 Å². The zero-order chi connectivity index (χ0) is 11.6. The summed E-state index contributed by atoms with van der Waals surface area (Å²) >= 11 is 0. The lowest BCUT2D eigenvalue weighted by Gasteiger charge is -2.03. The third-order valence-electron chi connectivity index (χ3n) is 1.30. The molecule has 1 heterocycles. The van der Waals surface area contributed by atoms with Gasteiger partial charge in [-0.2, -0.15) is 22.8 Å². The van der Waals surface area contributed by atoms with E-state index < -0.39 is 23.9 Å². The maximum absolute atomic E-state index is 11.8. The highest BCUT2D eigenvalue weighted by Gasteiger charge is 2.39. The molecule has 0 atom stereocenters. The van der Waals surface area contributed by atoms with E-state index >= 15 is 0 Å². The summed E-state index contributed by atoms with van der Waals surface area (Å²) in [4.78, 5) is 24.4. The number of rotatable bonds is 1. The summed E-state index contributed by atoms with van der Waals surface area (Å²) in [5, 5.41) is 4.69. The molecule has 1 aromatic heterocycles. The molecule has 0 unspecified atom stereocenters. The van der Waals surface area contributed by atoms with Crippen molar-refractivity contribution < 1.29 is 22.8 Å². The maximum atomic E-state index is 11.8. The van der Waals surface area contributed by atoms with Crippen molar-refractivity contribution in [2.75, 3.05) is 5.32 Å². The monoisotopic (exact) mass is 222 g/mol. The smallest absolute Gasteiger partial charge is 0.285 e. The van der Waals surface area contributed by atoms with Gasteiger partial charge in [-0.15, -0.1) is 5.10 Å². The van der Waals surface area contributed by atoms with Crippen molar-refractivity contribution in [3.63, 3.8) is 0 Å². The zero-order valence-electron chi connectivity index (χ0n) is 7.37. The SMILES string of the molecule is CC(=O)n1cnc(NC(=O)C(F)(F)F)n1. The van der Waals surface area contributed by atoms with Gasteiger partial charge >= 0.3 is 12.1 Å². The fourth-order valence-corrected chi connectivity index (χ4v) is 0.644. The van der Waals surface area contributed by atoms with Crippen LogP contribution in [0.25, 0.3) is 0 Å². The lowest BCUT2D eigenvalue weighted by molar-refractivity contribution is -0.167. The first-order chi connectivity index (χ1) is 6.80. The van der Waals surface area contributed by atoms with E-state index in [-0.39, 0.29) is 0 Å². The topological polar surface area (TPSA) is 76.9 Å². The fraction of sp³-hybridized carbons (Fsp3) is 0.333. The molecule has 0 aliphatic heterocycles. The molecule has 9 heteroatoms. The highest BCUT2D eigenvalue weighted by Crippen LogP contribution is 2.16. The number of aromatic nitrogens is 3. The van der Waals surface area contributed by atoms with Crippen molar-refractivity contribution in [2.24, 2.45) is 0 Å². The van der Waals surface area contributed by atoms with Gasteiger partial charge in [-0.25, -0.2) is 0 Å². The second kappa shape index (κ2) is 3.67. The van der Waals surface area contributed by atoms with Crippen molar-refractivity contribution in [1.82, 2.24) is 14.8 Å². The predicted octanol–water partition coefficient (Wildman–Crippen LogP) is 0.439. The van der Waals surface area contributed by atoms with Crippen LogP contribution in [0.3, 0.4) is 0 Å². The lowest BCUT2D eigenvalue weighted by Crippen LogP contribution is -2.30. The second-order valence-corrected chi connectivity index (χ2v) is 2.48. The van der Waals surface area contributed by atoms with Crippen molar-refractivity contribution in [1.29, 1.82) is 0 Å². The number of anilines is 1. The first-order valence-corrected chi connectivity index (χ1v) is 3.61. The van der Waals surface area contributed by atoms with Crippen LogP contribution in [0.4, 0.5) is 19.1 Å². The van der Waals surface area contributed by atoms with Gasteiger partial charge in [0.15, 0.2) is 0 Å². The third kappa shape index (κ3) is 2.76. The van der Waals surface area contributed by atoms with E-state index in [9.17, 15) is 22.8 Å². The molecule has 0 spiro atoms. The van der Waals surface area contributed by atoms with Crippen LogP contribution < -0.4 is 5.32 Å². The molecule has 0 saturated heterocycles. The largest absolute Gasteiger partial charge is 0.471 e. The van der Waals surface area contributed by atoms with Crippen molar-refractivity contribution in [3.05, 3.63) is 6.33 Å². The zero-order valence-corrected chi connectivity index (χ0v) is 7.37. The van der Waals surface area contributed by atoms with E-state index in [1.165, 1.54) is 5.32 Å². The van der Waals surface area contributed by atoms with Crippen LogP contribution in [-0.2, 0) is 4.79 Å². The number of alkyl halides is 3. The predicted molar refractivity (Wildman–Crippen MR) is 41.0 cm³/mol. The van der Waals surface area contributed by atoms with Gasteiger partial charge in [-0.05, 0) is 0 Å². The van der Waals surface area contributed by atoms with Gasteiger partial charge in [0, 0.05) is 6.92 Å². The Labute approximate surface area is 81.1 Å². The summed E-state index contributed by atoms with van der Waals surface area (Å²) < 4.78 is 36.0. The number of hydrogen-bond donors (Lipinski definition) is 1. The van der Waals surface area contributed by atoms with E-state index in [1.807, 2.05) is 0 Å². The minimum Gasteiger partial charge on any atom is -0.285 e. The second-order valence-electron chi connectivity index (χ2n) is 2.48. The molecular formula is C6H5F3N4O2. The van der Waals surface area contributed by atoms with E-state index in [0.29, 0.717) is 4.68 Å². The van der Waals surface area contributed by atoms with Crippen LogP contribution >= 0.6 is 0 Å². The summed E-state index contributed by atoms with van der Waals surface area (Å²) in [7, 11) is 0. The standard InChI is InChI=1S/C6H5F3N4O2/c1-3(14)13-2-10-5(12-13)11-4(15)6(7,8)9/h2H,1H3,(H,11,12,15). The van der Waals surface area contributed by atoms with E-state index in [2.05, 4.69) is 10.1 Å². The first-order valence-electron chi connectivity index (χ1n) is 3.61. The Morgan fingerprint density at radius 1 is 1.47 bits per heavy atom. The van der Waals surface area contributed by atoms with E-state index in [1.54, 1.807) is 0 Å². The number of nitrogens with zero attached hydrogens (tertiary/aromatic N) is 3. The van der Waals surface area contributed by atoms with Gasteiger partial charge in [-0.3, -0.25) is 14.9 Å². The van der Waals surface area contributed by atoms with Crippen molar-refractivity contribution in [2.45, 2.75) is 13.1 Å². The van der Waals surface area contributed by atoms with Gasteiger partial charge in [0.2, 0.25) is 11.9 Å². The van der Waals surface area contributed by atoms with Crippen molar-refractivity contribution in [3.8, 4) is 0 Å². The van der Waals surface area contributed by atoms with Crippen LogP contribution in [-0.4, -0.2) is 32.8 Å². The minimum absolute atomic E-state index is 0.532. The molecule has 82 valence electrons. The van der Waals surface area contributed by atoms with Gasteiger partial charge in [0.05, 0.1) is 0 Å². The number of amides is 1. The number of carbonyl (C=O) groups is 2. The molecule has 0 aliphatic carbocycles. The number of nitrogens with one attached hydrogen (secondary N) is 1. The average molecular weight is 222 g/mol. The number of carbonyl (C=O) groups excluding carboxylic acids is 2. The minimum atomic E-state index is -5.01. The van der Waals surface area contributed by atoms with Crippen molar-refractivity contribution >= 4 is 17.8 Å². The molecule has 1 N–H and O–H groups in total. The Morgan fingerprint density at radius 3 is 2.47 bits per heavy atom. The molecule has 0 aromatic carbocycles. The van der Waals surface area contributed by atoms with Crippen LogP contribution in [0.5, 0.6) is 0 Å². The van der Waals surface area contributed by atoms with Crippen LogP contribution in [0.15, 0.2) is 6.33 Å². The molecule has 6 nitrogen and oxygen atoms in total. The highest BCUT2D eigenvalue weighted by molar-refractivity contribution is 5.93. The maximum Gasteiger partial charge on any atom is 0.471 e. The molecule has 0 bridgehead atoms. The van der Waals surface area contributed by atoms with Gasteiger partial charge in [-0.1, -0.05) is 0 Å². The summed E-state index contributed by atoms with van der Waals surface area (Å²) in [5.74, 6) is -3.30. The molecule has 0 aliphatic rings. The van der Waals surface area contributed by atoms with E-state index in [4.69, 9.17) is 0 Å². The van der Waals surface area contributed by atoms with E-state index in [0.717, 1.165) is 13.3 Å². The van der Waals surface area contributed by atoms with Crippen LogP contribution in [0.1, 0.15) is 11.7 Å². The third-order valence-corrected chi connectivity index (χ3v) is 1.30. The highest BCUT2D eigenvalue weighted by atomic mass is 19.4. The Bertz CT molecular complexity index is 397. The molecular weight excluding hydrogens is 217 g/mol. The van der Waals surface area contributed by atoms with Crippen LogP contribution in [0.2, 0.25) is 0 Å². The molecule has 15 heavy (non-hydrogen) atoms.